The summed E-state index contributed by atoms with van der Waals surface area (Å²) in [7, 11) is 0. The highest BCUT2D eigenvalue weighted by Gasteiger charge is 2.71. The fourth-order valence-electron chi connectivity index (χ4n) is 6.96. The molecular formula is C28H40O10. The summed E-state index contributed by atoms with van der Waals surface area (Å²) in [6.07, 6.45) is -1.55. The zero-order chi connectivity index (χ0) is 28.7. The van der Waals surface area contributed by atoms with E-state index in [2.05, 4.69) is 0 Å². The molecule has 1 aliphatic carbocycles. The van der Waals surface area contributed by atoms with E-state index in [4.69, 9.17) is 23.7 Å². The summed E-state index contributed by atoms with van der Waals surface area (Å²) in [6, 6.07) is 0. The highest BCUT2D eigenvalue weighted by atomic mass is 16.6. The fraction of sp³-hybridized carbons (Fsp3) is 0.750. The molecule has 2 bridgehead atoms. The van der Waals surface area contributed by atoms with Crippen LogP contribution in [-0.2, 0) is 47.7 Å². The maximum atomic E-state index is 12.9. The van der Waals surface area contributed by atoms with Crippen LogP contribution in [0.15, 0.2) is 11.6 Å². The number of ether oxygens (including phenoxy) is 5. The minimum atomic E-state index is -1.51. The second kappa shape index (κ2) is 10.8. The Labute approximate surface area is 223 Å². The number of hydrogen-bond donors (Lipinski definition) is 0. The van der Waals surface area contributed by atoms with Gasteiger partial charge < -0.3 is 23.7 Å². The summed E-state index contributed by atoms with van der Waals surface area (Å²) in [5.41, 5.74) is -2.25. The van der Waals surface area contributed by atoms with Crippen molar-refractivity contribution in [3.8, 4) is 0 Å². The van der Waals surface area contributed by atoms with E-state index in [1.165, 1.54) is 27.7 Å². The van der Waals surface area contributed by atoms with Crippen LogP contribution in [0.4, 0.5) is 0 Å². The van der Waals surface area contributed by atoms with E-state index in [0.717, 1.165) is 0 Å². The monoisotopic (exact) mass is 536 g/mol. The molecule has 0 unspecified atom stereocenters. The minimum absolute atomic E-state index is 0.115. The Morgan fingerprint density at radius 1 is 0.947 bits per heavy atom. The van der Waals surface area contributed by atoms with Gasteiger partial charge in [-0.05, 0) is 44.8 Å². The standard InChI is InChI=1S/C28H40O10/c1-13(2)21-22-23(28(9,38-18(7)32)26(35-16(5)30)24(21)34-15(4)29)20-12-14(3)19(33)10-11-27(8,25(22)36-20)37-17(6)31/h12-13,20-26H,10-11H2,1-9H3/b14-12-/t20-,21-,22-,23-,24+,25-,26+,27-,28+/m0/s1. The van der Waals surface area contributed by atoms with Gasteiger partial charge in [0.2, 0.25) is 0 Å². The first kappa shape index (κ1) is 29.8. The van der Waals surface area contributed by atoms with Crippen molar-refractivity contribution in [2.45, 2.75) is 111 Å². The van der Waals surface area contributed by atoms with Crippen molar-refractivity contribution in [3.63, 3.8) is 0 Å². The number of carbonyl (C=O) groups excluding carboxylic acids is 5. The molecule has 0 radical (unpaired) electrons. The third-order valence-electron chi connectivity index (χ3n) is 8.18. The van der Waals surface area contributed by atoms with Gasteiger partial charge in [-0.15, -0.1) is 0 Å². The summed E-state index contributed by atoms with van der Waals surface area (Å²) in [6.45, 7) is 14.1. The lowest BCUT2D eigenvalue weighted by Gasteiger charge is -2.55. The number of ketones is 1. The number of rotatable bonds is 5. The molecule has 38 heavy (non-hydrogen) atoms. The third kappa shape index (κ3) is 5.51. The lowest BCUT2D eigenvalue weighted by Crippen LogP contribution is -2.69. The van der Waals surface area contributed by atoms with Gasteiger partial charge in [-0.25, -0.2) is 0 Å². The summed E-state index contributed by atoms with van der Waals surface area (Å²) in [5.74, 6) is -4.14. The first-order valence-corrected chi connectivity index (χ1v) is 13.1. The van der Waals surface area contributed by atoms with Crippen molar-refractivity contribution in [2.24, 2.45) is 23.7 Å². The van der Waals surface area contributed by atoms with Crippen LogP contribution in [0.1, 0.15) is 75.2 Å². The van der Waals surface area contributed by atoms with E-state index in [0.29, 0.717) is 5.57 Å². The van der Waals surface area contributed by atoms with E-state index < -0.39 is 77.2 Å². The summed E-state index contributed by atoms with van der Waals surface area (Å²) in [5, 5.41) is 0. The molecular weight excluding hydrogens is 496 g/mol. The number of Topliss-reactive ketones (excluding diaryl/α,β-unsaturated/α-hetero) is 1. The van der Waals surface area contributed by atoms with Gasteiger partial charge in [0.1, 0.15) is 17.8 Å². The molecule has 0 amide bonds. The van der Waals surface area contributed by atoms with Gasteiger partial charge in [-0.1, -0.05) is 13.8 Å². The molecule has 1 saturated carbocycles. The van der Waals surface area contributed by atoms with Crippen molar-refractivity contribution >= 4 is 29.7 Å². The van der Waals surface area contributed by atoms with Crippen LogP contribution < -0.4 is 0 Å². The van der Waals surface area contributed by atoms with Crippen molar-refractivity contribution in [1.82, 2.24) is 0 Å². The first-order valence-electron chi connectivity index (χ1n) is 13.1. The smallest absolute Gasteiger partial charge is 0.303 e. The average molecular weight is 537 g/mol. The van der Waals surface area contributed by atoms with Crippen LogP contribution in [0.3, 0.4) is 0 Å². The topological polar surface area (TPSA) is 132 Å². The molecule has 0 aromatic carbocycles. The molecule has 0 N–H and O–H groups in total. The lowest BCUT2D eigenvalue weighted by molar-refractivity contribution is -0.248. The minimum Gasteiger partial charge on any atom is -0.458 e. The highest BCUT2D eigenvalue weighted by molar-refractivity contribution is 5.95. The Balaban J connectivity index is 2.37. The Morgan fingerprint density at radius 3 is 2.03 bits per heavy atom. The Morgan fingerprint density at radius 2 is 1.53 bits per heavy atom. The van der Waals surface area contributed by atoms with Crippen LogP contribution in [0.5, 0.6) is 0 Å². The molecule has 10 heteroatoms. The molecule has 2 fully saturated rings. The normalized spacial score (nSPS) is 40.0. The Bertz CT molecular complexity index is 1030. The largest absolute Gasteiger partial charge is 0.458 e. The van der Waals surface area contributed by atoms with Gasteiger partial charge in [0.15, 0.2) is 17.5 Å². The molecule has 0 spiro atoms. The maximum Gasteiger partial charge on any atom is 0.303 e. The molecule has 9 atom stereocenters. The maximum absolute atomic E-state index is 12.9. The van der Waals surface area contributed by atoms with E-state index in [-0.39, 0.29) is 24.5 Å². The molecule has 0 aromatic rings. The number of hydrogen-bond acceptors (Lipinski definition) is 10. The number of carbonyl (C=O) groups is 5. The zero-order valence-electron chi connectivity index (χ0n) is 23.7. The van der Waals surface area contributed by atoms with Gasteiger partial charge in [0.05, 0.1) is 6.10 Å². The molecule has 1 saturated heterocycles. The van der Waals surface area contributed by atoms with Crippen LogP contribution in [0.2, 0.25) is 0 Å². The van der Waals surface area contributed by atoms with Crippen LogP contribution in [-0.4, -0.2) is 65.3 Å². The summed E-state index contributed by atoms with van der Waals surface area (Å²) < 4.78 is 30.1. The van der Waals surface area contributed by atoms with Gasteiger partial charge in [-0.2, -0.15) is 0 Å². The van der Waals surface area contributed by atoms with Crippen molar-refractivity contribution in [3.05, 3.63) is 11.6 Å². The highest BCUT2D eigenvalue weighted by Crippen LogP contribution is 2.58. The van der Waals surface area contributed by atoms with E-state index >= 15 is 0 Å². The number of fused-ring (bicyclic) bond motifs is 5. The van der Waals surface area contributed by atoms with Gasteiger partial charge in [0, 0.05) is 51.9 Å². The molecule has 3 aliphatic rings. The molecule has 3 rings (SSSR count). The lowest BCUT2D eigenvalue weighted by atomic mass is 9.55. The van der Waals surface area contributed by atoms with Gasteiger partial charge >= 0.3 is 23.9 Å². The zero-order valence-corrected chi connectivity index (χ0v) is 23.7. The van der Waals surface area contributed by atoms with Crippen LogP contribution in [0, 0.1) is 23.7 Å². The summed E-state index contributed by atoms with van der Waals surface area (Å²) >= 11 is 0. The predicted octanol–water partition coefficient (Wildman–Crippen LogP) is 3.09. The average Bonchev–Trinajstić information content (AvgIpc) is 3.14. The SMILES string of the molecule is CC(=O)O[C@@H]1[C@@H](C(C)C)[C@H]2[C@H]([C@@H]3/C=C(/C)C(=O)CC[C@](C)(OC(C)=O)[C@H]2O3)[C@@](C)(OC(C)=O)[C@@H]1OC(C)=O. The van der Waals surface area contributed by atoms with Crippen molar-refractivity contribution in [2.75, 3.05) is 0 Å². The Kier molecular flexibility index (Phi) is 8.46. The van der Waals surface area contributed by atoms with Crippen LogP contribution in [0.25, 0.3) is 0 Å². The predicted molar refractivity (Wildman–Crippen MR) is 133 cm³/mol. The fourth-order valence-corrected chi connectivity index (χ4v) is 6.96. The molecule has 212 valence electrons. The van der Waals surface area contributed by atoms with E-state index in [1.54, 1.807) is 26.8 Å². The van der Waals surface area contributed by atoms with Crippen molar-refractivity contribution in [1.29, 1.82) is 0 Å². The first-order chi connectivity index (χ1) is 17.5. The van der Waals surface area contributed by atoms with E-state index in [9.17, 15) is 24.0 Å². The molecule has 2 heterocycles. The third-order valence-corrected chi connectivity index (χ3v) is 8.18. The molecule has 2 aliphatic heterocycles. The molecule has 10 nitrogen and oxygen atoms in total. The second-order valence-electron chi connectivity index (χ2n) is 11.5. The van der Waals surface area contributed by atoms with Gasteiger partial charge in [0.25, 0.3) is 0 Å². The van der Waals surface area contributed by atoms with Crippen molar-refractivity contribution < 1.29 is 47.7 Å². The number of esters is 4. The van der Waals surface area contributed by atoms with Gasteiger partial charge in [-0.3, -0.25) is 24.0 Å². The number of allylic oxidation sites excluding steroid dienone is 1. The second-order valence-corrected chi connectivity index (χ2v) is 11.5. The van der Waals surface area contributed by atoms with Crippen LogP contribution >= 0.6 is 0 Å². The molecule has 0 aromatic heterocycles. The quantitative estimate of drug-likeness (QED) is 0.381. The van der Waals surface area contributed by atoms with E-state index in [1.807, 2.05) is 13.8 Å². The Hall–Kier alpha value is -2.75. The summed E-state index contributed by atoms with van der Waals surface area (Å²) in [4.78, 5) is 62.4.